The lowest BCUT2D eigenvalue weighted by atomic mass is 9.87. The molecule has 1 aromatic carbocycles. The number of hydrogen-bond acceptors (Lipinski definition) is 7. The molecule has 112 valence electrons. The summed E-state index contributed by atoms with van der Waals surface area (Å²) in [4.78, 5) is 0. The van der Waals surface area contributed by atoms with E-state index in [-0.39, 0.29) is 6.04 Å². The molecule has 0 saturated heterocycles. The van der Waals surface area contributed by atoms with Crippen molar-refractivity contribution < 1.29 is 4.74 Å². The van der Waals surface area contributed by atoms with Crippen molar-refractivity contribution in [3.8, 4) is 5.75 Å². The van der Waals surface area contributed by atoms with Gasteiger partial charge in [0, 0.05) is 11.3 Å². The lowest BCUT2D eigenvalue weighted by Crippen LogP contribution is -2.29. The number of methoxy groups -OCH3 is 1. The van der Waals surface area contributed by atoms with Crippen LogP contribution in [0.25, 0.3) is 0 Å². The van der Waals surface area contributed by atoms with Crippen LogP contribution < -0.4 is 10.5 Å². The van der Waals surface area contributed by atoms with Crippen molar-refractivity contribution in [2.45, 2.75) is 32.8 Å². The maximum absolute atomic E-state index is 6.46. The summed E-state index contributed by atoms with van der Waals surface area (Å²) in [5, 5.41) is 8.73. The first-order chi connectivity index (χ1) is 10.2. The zero-order valence-electron chi connectivity index (χ0n) is 11.9. The minimum atomic E-state index is 0.0336. The molecule has 2 unspecified atom stereocenters. The molecule has 2 aromatic rings. The molecular formula is C14H17N3OS3. The number of nitrogens with zero attached hydrogens (tertiary/aromatic N) is 2. The molecule has 0 fully saturated rings. The normalized spacial score (nSPS) is 21.1. The van der Waals surface area contributed by atoms with E-state index in [0.717, 1.165) is 27.3 Å². The summed E-state index contributed by atoms with van der Waals surface area (Å²) in [5.41, 5.74) is 9.00. The first-order valence-electron chi connectivity index (χ1n) is 6.68. The molecule has 1 heterocycles. The van der Waals surface area contributed by atoms with Crippen molar-refractivity contribution in [1.29, 1.82) is 0 Å². The van der Waals surface area contributed by atoms with Crippen LogP contribution in [0.1, 0.15) is 23.6 Å². The first-order valence-corrected chi connectivity index (χ1v) is 9.60. The Bertz CT molecular complexity index is 632. The van der Waals surface area contributed by atoms with Crippen molar-refractivity contribution in [3.05, 3.63) is 29.3 Å². The Morgan fingerprint density at radius 1 is 1.33 bits per heavy atom. The van der Waals surface area contributed by atoms with Gasteiger partial charge in [-0.15, -0.1) is 10.2 Å². The van der Waals surface area contributed by atoms with E-state index >= 15 is 0 Å². The van der Waals surface area contributed by atoms with E-state index in [1.54, 1.807) is 42.0 Å². The number of rotatable bonds is 4. The van der Waals surface area contributed by atoms with Crippen LogP contribution in [-0.2, 0) is 6.42 Å². The smallest absolute Gasteiger partial charge is 0.175 e. The number of ether oxygens (including phenoxy) is 1. The van der Waals surface area contributed by atoms with Crippen molar-refractivity contribution >= 4 is 34.9 Å². The van der Waals surface area contributed by atoms with Gasteiger partial charge in [0.1, 0.15) is 5.75 Å². The van der Waals surface area contributed by atoms with Gasteiger partial charge in [0.25, 0.3) is 0 Å². The number of thioether (sulfide) groups is 2. The Morgan fingerprint density at radius 3 is 2.86 bits per heavy atom. The quantitative estimate of drug-likeness (QED) is 0.862. The fourth-order valence-electron chi connectivity index (χ4n) is 2.52. The topological polar surface area (TPSA) is 61.0 Å². The zero-order chi connectivity index (χ0) is 14.8. The van der Waals surface area contributed by atoms with Gasteiger partial charge in [-0.1, -0.05) is 40.9 Å². The summed E-state index contributed by atoms with van der Waals surface area (Å²) in [6.07, 6.45) is 4.11. The highest BCUT2D eigenvalue weighted by Crippen LogP contribution is 2.41. The molecule has 0 aliphatic heterocycles. The highest BCUT2D eigenvalue weighted by Gasteiger charge is 2.28. The van der Waals surface area contributed by atoms with E-state index in [2.05, 4.69) is 22.3 Å². The fourth-order valence-corrected chi connectivity index (χ4v) is 5.36. The fraction of sp³-hybridized carbons (Fsp3) is 0.429. The van der Waals surface area contributed by atoms with Crippen molar-refractivity contribution in [2.75, 3.05) is 13.4 Å². The minimum absolute atomic E-state index is 0.0336. The molecule has 1 aliphatic carbocycles. The van der Waals surface area contributed by atoms with E-state index in [4.69, 9.17) is 10.5 Å². The third-order valence-corrected chi connectivity index (χ3v) is 6.97. The van der Waals surface area contributed by atoms with E-state index < -0.39 is 0 Å². The van der Waals surface area contributed by atoms with Gasteiger partial charge in [-0.25, -0.2) is 0 Å². The van der Waals surface area contributed by atoms with Crippen LogP contribution in [0.15, 0.2) is 26.9 Å². The number of fused-ring (bicyclic) bond motifs is 1. The monoisotopic (exact) mass is 339 g/mol. The molecule has 0 bridgehead atoms. The zero-order valence-corrected chi connectivity index (χ0v) is 14.4. The van der Waals surface area contributed by atoms with E-state index in [1.807, 2.05) is 12.3 Å². The van der Waals surface area contributed by atoms with Crippen LogP contribution in [0.2, 0.25) is 0 Å². The van der Waals surface area contributed by atoms with Gasteiger partial charge in [-0.05, 0) is 42.4 Å². The molecule has 0 saturated carbocycles. The van der Waals surface area contributed by atoms with Crippen LogP contribution in [-0.4, -0.2) is 28.8 Å². The predicted molar refractivity (Wildman–Crippen MR) is 89.6 cm³/mol. The Hall–Kier alpha value is -0.760. The predicted octanol–water partition coefficient (Wildman–Crippen LogP) is 3.38. The van der Waals surface area contributed by atoms with E-state index in [9.17, 15) is 0 Å². The van der Waals surface area contributed by atoms with Crippen LogP contribution in [0.5, 0.6) is 5.75 Å². The average molecular weight is 340 g/mol. The summed E-state index contributed by atoms with van der Waals surface area (Å²) in [7, 11) is 1.70. The van der Waals surface area contributed by atoms with Crippen molar-refractivity contribution in [3.63, 3.8) is 0 Å². The number of nitrogens with two attached hydrogens (primary N) is 1. The van der Waals surface area contributed by atoms with Crippen molar-refractivity contribution in [2.24, 2.45) is 5.73 Å². The molecule has 4 nitrogen and oxygen atoms in total. The molecular weight excluding hydrogens is 322 g/mol. The van der Waals surface area contributed by atoms with Gasteiger partial charge < -0.3 is 10.5 Å². The van der Waals surface area contributed by atoms with Crippen molar-refractivity contribution in [1.82, 2.24) is 10.2 Å². The molecule has 0 amide bonds. The standard InChI is InChI=1S/C14H17N3OS3/c1-18-9-4-5-10-8(7-9)3-6-11(12(10)15)20-14-17-16-13(19-2)21-14/h4-5,7,11-12H,3,6,15H2,1-2H3. The highest BCUT2D eigenvalue weighted by atomic mass is 32.2. The number of aromatic nitrogens is 2. The Balaban J connectivity index is 1.77. The van der Waals surface area contributed by atoms with Gasteiger partial charge >= 0.3 is 0 Å². The molecule has 3 rings (SSSR count). The summed E-state index contributed by atoms with van der Waals surface area (Å²) >= 11 is 5.03. The van der Waals surface area contributed by atoms with E-state index in [0.29, 0.717) is 5.25 Å². The SMILES string of the molecule is COc1ccc2c(c1)CCC(Sc1nnc(SC)s1)C2N. The second-order valence-electron chi connectivity index (χ2n) is 4.82. The summed E-state index contributed by atoms with van der Waals surface area (Å²) in [6.45, 7) is 0. The molecule has 7 heteroatoms. The molecule has 1 aromatic heterocycles. The lowest BCUT2D eigenvalue weighted by molar-refractivity contribution is 0.413. The van der Waals surface area contributed by atoms with Gasteiger partial charge in [-0.3, -0.25) is 0 Å². The maximum Gasteiger partial charge on any atom is 0.175 e. The van der Waals surface area contributed by atoms with Crippen LogP contribution in [0.3, 0.4) is 0 Å². The Morgan fingerprint density at radius 2 is 2.14 bits per heavy atom. The number of hydrogen-bond donors (Lipinski definition) is 1. The van der Waals surface area contributed by atoms with Crippen LogP contribution in [0.4, 0.5) is 0 Å². The summed E-state index contributed by atoms with van der Waals surface area (Å²) in [6, 6.07) is 6.22. The average Bonchev–Trinajstić information content (AvgIpc) is 2.97. The summed E-state index contributed by atoms with van der Waals surface area (Å²) in [5.74, 6) is 0.904. The molecule has 0 spiro atoms. The summed E-state index contributed by atoms with van der Waals surface area (Å²) < 4.78 is 7.31. The lowest BCUT2D eigenvalue weighted by Gasteiger charge is -2.30. The van der Waals surface area contributed by atoms with Gasteiger partial charge in [0.15, 0.2) is 8.68 Å². The first kappa shape index (κ1) is 15.1. The molecule has 2 atom stereocenters. The second-order valence-corrected chi connectivity index (χ2v) is 8.34. The number of benzene rings is 1. The maximum atomic E-state index is 6.46. The number of aryl methyl sites for hydroxylation is 1. The minimum Gasteiger partial charge on any atom is -0.497 e. The van der Waals surface area contributed by atoms with Gasteiger partial charge in [0.05, 0.1) is 7.11 Å². The van der Waals surface area contributed by atoms with Gasteiger partial charge in [-0.2, -0.15) is 0 Å². The third-order valence-electron chi connectivity index (χ3n) is 3.62. The van der Waals surface area contributed by atoms with Crippen LogP contribution in [0, 0.1) is 0 Å². The Labute approximate surface area is 136 Å². The Kier molecular flexibility index (Phi) is 4.73. The van der Waals surface area contributed by atoms with Crippen LogP contribution >= 0.6 is 34.9 Å². The molecule has 0 radical (unpaired) electrons. The molecule has 1 aliphatic rings. The molecule has 2 N–H and O–H groups in total. The third kappa shape index (κ3) is 3.21. The van der Waals surface area contributed by atoms with E-state index in [1.165, 1.54) is 11.1 Å². The second kappa shape index (κ2) is 6.56. The van der Waals surface area contributed by atoms with Gasteiger partial charge in [0.2, 0.25) is 0 Å². The largest absolute Gasteiger partial charge is 0.497 e. The molecule has 21 heavy (non-hydrogen) atoms. The highest BCUT2D eigenvalue weighted by molar-refractivity contribution is 8.03.